The smallest absolute Gasteiger partial charge is 0.249 e. The number of nitrogens with one attached hydrogen (secondary N) is 1. The van der Waals surface area contributed by atoms with Gasteiger partial charge in [0.2, 0.25) is 5.92 Å². The molecule has 1 atom stereocenters. The average molecular weight is 192 g/mol. The van der Waals surface area contributed by atoms with Gasteiger partial charge in [-0.2, -0.15) is 0 Å². The first kappa shape index (κ1) is 12.5. The highest BCUT2D eigenvalue weighted by molar-refractivity contribution is 5.78. The summed E-state index contributed by atoms with van der Waals surface area (Å²) in [4.78, 5) is 0. The number of rotatable bonds is 6. The Morgan fingerprint density at radius 3 is 2.46 bits per heavy atom. The van der Waals surface area contributed by atoms with Crippen molar-refractivity contribution in [2.24, 2.45) is 5.73 Å². The molecule has 0 amide bonds. The van der Waals surface area contributed by atoms with Crippen LogP contribution in [0.5, 0.6) is 0 Å². The van der Waals surface area contributed by atoms with Gasteiger partial charge in [0, 0.05) is 24.6 Å². The highest BCUT2D eigenvalue weighted by Crippen LogP contribution is 2.26. The van der Waals surface area contributed by atoms with E-state index >= 15 is 0 Å². The summed E-state index contributed by atoms with van der Waals surface area (Å²) in [6, 6.07) is -0.462. The lowest BCUT2D eigenvalue weighted by molar-refractivity contribution is -0.0217. The summed E-state index contributed by atoms with van der Waals surface area (Å²) in [7, 11) is 0. The molecule has 2 nitrogen and oxygen atoms in total. The van der Waals surface area contributed by atoms with Crippen LogP contribution in [0.2, 0.25) is 0 Å². The minimum Gasteiger partial charge on any atom is -0.328 e. The molecule has 78 valence electrons. The number of hydrogen-bond acceptors (Lipinski definition) is 2. The summed E-state index contributed by atoms with van der Waals surface area (Å²) in [6.07, 6.45) is 0.401. The van der Waals surface area contributed by atoms with Crippen LogP contribution in [0, 0.1) is 5.41 Å². The lowest BCUT2D eigenvalue weighted by atomic mass is 10.0. The van der Waals surface area contributed by atoms with Crippen molar-refractivity contribution in [1.82, 2.24) is 0 Å². The van der Waals surface area contributed by atoms with E-state index in [0.29, 0.717) is 18.6 Å². The van der Waals surface area contributed by atoms with Crippen molar-refractivity contribution in [3.05, 3.63) is 0 Å². The molecular formula is C9H18F2N2. The number of nitrogens with two attached hydrogens (primary N) is 1. The molecule has 0 saturated carbocycles. The van der Waals surface area contributed by atoms with Crippen LogP contribution in [-0.2, 0) is 0 Å². The van der Waals surface area contributed by atoms with Gasteiger partial charge >= 0.3 is 0 Å². The van der Waals surface area contributed by atoms with Gasteiger partial charge in [-0.3, -0.25) is 0 Å². The molecular weight excluding hydrogens is 174 g/mol. The minimum atomic E-state index is -2.66. The molecule has 0 spiro atoms. The Hall–Kier alpha value is -0.510. The summed E-state index contributed by atoms with van der Waals surface area (Å²) in [5, 5.41) is 7.07. The molecule has 0 saturated heterocycles. The molecule has 13 heavy (non-hydrogen) atoms. The van der Waals surface area contributed by atoms with Crippen LogP contribution in [0.4, 0.5) is 8.78 Å². The predicted molar refractivity (Wildman–Crippen MR) is 50.5 cm³/mol. The van der Waals surface area contributed by atoms with Crippen molar-refractivity contribution in [3.8, 4) is 0 Å². The van der Waals surface area contributed by atoms with Gasteiger partial charge in [-0.1, -0.05) is 0 Å². The molecule has 0 aromatic heterocycles. The van der Waals surface area contributed by atoms with Crippen LogP contribution >= 0.6 is 0 Å². The van der Waals surface area contributed by atoms with E-state index in [9.17, 15) is 8.78 Å². The van der Waals surface area contributed by atoms with E-state index in [1.165, 1.54) is 0 Å². The third kappa shape index (κ3) is 7.84. The topological polar surface area (TPSA) is 49.9 Å². The number of alkyl halides is 2. The molecule has 0 rings (SSSR count). The fraction of sp³-hybridized carbons (Fsp3) is 0.889. The largest absolute Gasteiger partial charge is 0.328 e. The van der Waals surface area contributed by atoms with Gasteiger partial charge in [-0.05, 0) is 26.7 Å². The summed E-state index contributed by atoms with van der Waals surface area (Å²) in [6.45, 7) is 3.21. The van der Waals surface area contributed by atoms with E-state index in [0.717, 1.165) is 0 Å². The van der Waals surface area contributed by atoms with E-state index in [-0.39, 0.29) is 12.8 Å². The normalized spacial score (nSPS) is 14.2. The summed E-state index contributed by atoms with van der Waals surface area (Å²) < 4.78 is 25.9. The zero-order valence-electron chi connectivity index (χ0n) is 8.24. The fourth-order valence-corrected chi connectivity index (χ4v) is 1.19. The summed E-state index contributed by atoms with van der Waals surface area (Å²) in [5.41, 5.74) is 5.74. The quantitative estimate of drug-likeness (QED) is 0.624. The average Bonchev–Trinajstić information content (AvgIpc) is 1.81. The lowest BCUT2D eigenvalue weighted by Gasteiger charge is -2.17. The molecule has 0 aliphatic heterocycles. The number of hydrogen-bond donors (Lipinski definition) is 2. The van der Waals surface area contributed by atoms with Crippen LogP contribution in [-0.4, -0.2) is 17.7 Å². The van der Waals surface area contributed by atoms with Gasteiger partial charge in [-0.15, -0.1) is 0 Å². The third-order valence-electron chi connectivity index (χ3n) is 1.71. The second kappa shape index (κ2) is 5.27. The molecule has 0 aromatic rings. The van der Waals surface area contributed by atoms with E-state index in [1.807, 2.05) is 0 Å². The van der Waals surface area contributed by atoms with Crippen molar-refractivity contribution in [2.45, 2.75) is 51.5 Å². The molecule has 4 heteroatoms. The Morgan fingerprint density at radius 1 is 1.54 bits per heavy atom. The second-order valence-corrected chi connectivity index (χ2v) is 3.67. The monoisotopic (exact) mass is 192 g/mol. The maximum absolute atomic E-state index is 13.0. The fourth-order valence-electron chi connectivity index (χ4n) is 1.19. The first-order chi connectivity index (χ1) is 5.83. The maximum Gasteiger partial charge on any atom is 0.249 e. The molecule has 0 fully saturated rings. The van der Waals surface area contributed by atoms with Gasteiger partial charge < -0.3 is 11.1 Å². The molecule has 0 aliphatic rings. The Morgan fingerprint density at radius 2 is 2.08 bits per heavy atom. The Kier molecular flexibility index (Phi) is 5.06. The Bertz CT molecular complexity index is 167. The van der Waals surface area contributed by atoms with Crippen LogP contribution in [0.3, 0.4) is 0 Å². The zero-order valence-corrected chi connectivity index (χ0v) is 8.24. The highest BCUT2D eigenvalue weighted by atomic mass is 19.3. The minimum absolute atomic E-state index is 0.162. The van der Waals surface area contributed by atoms with E-state index < -0.39 is 12.0 Å². The van der Waals surface area contributed by atoms with E-state index in [1.54, 1.807) is 13.8 Å². The van der Waals surface area contributed by atoms with E-state index in [4.69, 9.17) is 11.1 Å². The number of halogens is 2. The van der Waals surface area contributed by atoms with Gasteiger partial charge in [0.05, 0.1) is 0 Å². The Labute approximate surface area is 78.0 Å². The van der Waals surface area contributed by atoms with Crippen molar-refractivity contribution in [2.75, 3.05) is 0 Å². The van der Waals surface area contributed by atoms with Crippen molar-refractivity contribution >= 4 is 5.71 Å². The van der Waals surface area contributed by atoms with Crippen molar-refractivity contribution in [3.63, 3.8) is 0 Å². The van der Waals surface area contributed by atoms with E-state index in [2.05, 4.69) is 0 Å². The lowest BCUT2D eigenvalue weighted by Crippen LogP contribution is -2.27. The van der Waals surface area contributed by atoms with Gasteiger partial charge in [0.1, 0.15) is 0 Å². The van der Waals surface area contributed by atoms with Crippen LogP contribution in [0.25, 0.3) is 0 Å². The van der Waals surface area contributed by atoms with Crippen molar-refractivity contribution in [1.29, 1.82) is 5.41 Å². The predicted octanol–water partition coefficient (Wildman–Crippen LogP) is 2.57. The van der Waals surface area contributed by atoms with Gasteiger partial charge in [-0.25, -0.2) is 8.78 Å². The van der Waals surface area contributed by atoms with Crippen LogP contribution in [0.15, 0.2) is 0 Å². The molecule has 3 N–H and O–H groups in total. The molecule has 0 bridgehead atoms. The molecule has 0 aromatic carbocycles. The summed E-state index contributed by atoms with van der Waals surface area (Å²) in [5.74, 6) is -2.66. The molecule has 0 aliphatic carbocycles. The SMILES string of the molecule is CC(=N)CCCC(F)(F)CC(C)N. The zero-order chi connectivity index (χ0) is 10.5. The summed E-state index contributed by atoms with van der Waals surface area (Å²) >= 11 is 0. The van der Waals surface area contributed by atoms with Gasteiger partial charge in [0.25, 0.3) is 0 Å². The molecule has 1 unspecified atom stereocenters. The second-order valence-electron chi connectivity index (χ2n) is 3.67. The Balaban J connectivity index is 3.68. The maximum atomic E-state index is 13.0. The van der Waals surface area contributed by atoms with Crippen LogP contribution in [0.1, 0.15) is 39.5 Å². The standard InChI is InChI=1S/C9H18F2N2/c1-7(12)4-3-5-9(10,11)6-8(2)13/h8,12H,3-6,13H2,1-2H3. The molecule has 0 heterocycles. The van der Waals surface area contributed by atoms with Gasteiger partial charge in [0.15, 0.2) is 0 Å². The third-order valence-corrected chi connectivity index (χ3v) is 1.71. The first-order valence-electron chi connectivity index (χ1n) is 4.51. The first-order valence-corrected chi connectivity index (χ1v) is 4.51. The molecule has 0 radical (unpaired) electrons. The van der Waals surface area contributed by atoms with Crippen LogP contribution < -0.4 is 5.73 Å². The highest BCUT2D eigenvalue weighted by Gasteiger charge is 2.29. The van der Waals surface area contributed by atoms with Crippen molar-refractivity contribution < 1.29 is 8.78 Å².